The molecular weight excluding hydrogens is 385 g/mol. The Morgan fingerprint density at radius 3 is 2.45 bits per heavy atom. The Hall–Kier alpha value is -3.82. The van der Waals surface area contributed by atoms with Gasteiger partial charge in [0.25, 0.3) is 11.6 Å². The summed E-state index contributed by atoms with van der Waals surface area (Å²) in [7, 11) is 1.28. The number of hydrogen-bond donors (Lipinski definition) is 1. The fourth-order valence-electron chi connectivity index (χ4n) is 3.03. The Morgan fingerprint density at radius 2 is 1.90 bits per heavy atom. The molecule has 0 bridgehead atoms. The lowest BCUT2D eigenvalue weighted by atomic mass is 9.92. The fraction of sp³-hybridized carbons (Fsp3) is 0.211. The zero-order valence-corrected chi connectivity index (χ0v) is 15.5. The highest BCUT2D eigenvalue weighted by Crippen LogP contribution is 2.30. The predicted octanol–water partition coefficient (Wildman–Crippen LogP) is 2.39. The molecule has 1 aliphatic heterocycles. The van der Waals surface area contributed by atoms with Crippen LogP contribution in [0.1, 0.15) is 22.8 Å². The molecular formula is C19H16FN3O6. The topological polar surface area (TPSA) is 119 Å². The highest BCUT2D eigenvalue weighted by molar-refractivity contribution is 6.11. The molecule has 0 radical (unpaired) electrons. The minimum atomic E-state index is -1.49. The average Bonchev–Trinajstić information content (AvgIpc) is 2.91. The van der Waals surface area contributed by atoms with Gasteiger partial charge in [-0.2, -0.15) is 0 Å². The van der Waals surface area contributed by atoms with Crippen LogP contribution in [0.15, 0.2) is 42.5 Å². The van der Waals surface area contributed by atoms with E-state index in [2.05, 4.69) is 5.32 Å². The third-order valence-corrected chi connectivity index (χ3v) is 4.71. The van der Waals surface area contributed by atoms with Gasteiger partial charge in [-0.15, -0.1) is 0 Å². The highest BCUT2D eigenvalue weighted by atomic mass is 19.1. The van der Waals surface area contributed by atoms with E-state index in [0.29, 0.717) is 5.56 Å². The van der Waals surface area contributed by atoms with E-state index in [1.807, 2.05) is 0 Å². The minimum Gasteiger partial charge on any atom is -0.494 e. The molecule has 1 aliphatic rings. The van der Waals surface area contributed by atoms with Crippen LogP contribution in [-0.4, -0.2) is 41.2 Å². The first-order valence-corrected chi connectivity index (χ1v) is 8.43. The Labute approximate surface area is 164 Å². The molecule has 1 atom stereocenters. The first-order chi connectivity index (χ1) is 13.7. The van der Waals surface area contributed by atoms with Gasteiger partial charge in [0.2, 0.25) is 0 Å². The normalized spacial score (nSPS) is 18.5. The van der Waals surface area contributed by atoms with Gasteiger partial charge in [-0.25, -0.2) is 9.18 Å². The smallest absolute Gasteiger partial charge is 0.325 e. The number of methoxy groups -OCH3 is 1. The van der Waals surface area contributed by atoms with E-state index in [1.54, 1.807) is 0 Å². The summed E-state index contributed by atoms with van der Waals surface area (Å²) in [4.78, 5) is 48.6. The fourth-order valence-corrected chi connectivity index (χ4v) is 3.03. The first kappa shape index (κ1) is 19.9. The number of nitro benzene ring substituents is 1. The Balaban J connectivity index is 1.82. The van der Waals surface area contributed by atoms with Crippen molar-refractivity contribution in [3.05, 3.63) is 69.5 Å². The number of non-ortho nitro benzene ring substituents is 1. The maximum absolute atomic E-state index is 13.8. The lowest BCUT2D eigenvalue weighted by Gasteiger charge is -2.22. The van der Waals surface area contributed by atoms with E-state index in [0.717, 1.165) is 11.0 Å². The van der Waals surface area contributed by atoms with Crippen LogP contribution in [0.3, 0.4) is 0 Å². The van der Waals surface area contributed by atoms with Crippen molar-refractivity contribution in [3.63, 3.8) is 0 Å². The van der Waals surface area contributed by atoms with E-state index in [9.17, 15) is 28.9 Å². The summed E-state index contributed by atoms with van der Waals surface area (Å²) in [5, 5.41) is 13.3. The molecule has 2 aromatic rings. The number of imide groups is 1. The second-order valence-electron chi connectivity index (χ2n) is 6.52. The maximum Gasteiger partial charge on any atom is 0.325 e. The van der Waals surface area contributed by atoms with Gasteiger partial charge in [0, 0.05) is 17.7 Å². The lowest BCUT2D eigenvalue weighted by Crippen LogP contribution is -2.41. The summed E-state index contributed by atoms with van der Waals surface area (Å²) in [5.41, 5.74) is -1.35. The van der Waals surface area contributed by atoms with Crippen LogP contribution in [0.4, 0.5) is 14.9 Å². The van der Waals surface area contributed by atoms with E-state index < -0.39 is 40.5 Å². The monoisotopic (exact) mass is 401 g/mol. The molecule has 1 N–H and O–H groups in total. The number of urea groups is 1. The van der Waals surface area contributed by atoms with Crippen molar-refractivity contribution < 1.29 is 28.4 Å². The van der Waals surface area contributed by atoms with Crippen molar-refractivity contribution >= 4 is 23.4 Å². The molecule has 0 aliphatic carbocycles. The van der Waals surface area contributed by atoms with Gasteiger partial charge in [0.05, 0.1) is 18.6 Å². The molecule has 29 heavy (non-hydrogen) atoms. The van der Waals surface area contributed by atoms with Gasteiger partial charge < -0.3 is 10.1 Å². The molecule has 0 spiro atoms. The number of rotatable bonds is 6. The summed E-state index contributed by atoms with van der Waals surface area (Å²) in [6, 6.07) is 7.93. The molecule has 3 rings (SSSR count). The number of carbonyl (C=O) groups is 3. The quantitative estimate of drug-likeness (QED) is 0.344. The number of ketones is 1. The molecule has 3 amide bonds. The van der Waals surface area contributed by atoms with Crippen LogP contribution < -0.4 is 10.1 Å². The molecule has 1 heterocycles. The van der Waals surface area contributed by atoms with E-state index >= 15 is 0 Å². The number of halogens is 1. The Morgan fingerprint density at radius 1 is 1.24 bits per heavy atom. The SMILES string of the molecule is COc1ccc(C(=O)CN2C(=O)N[C@](C)(c3ccc([N+](=O)[O-])cc3)C2=O)cc1F. The second kappa shape index (κ2) is 7.30. The zero-order valence-electron chi connectivity index (χ0n) is 15.5. The standard InChI is InChI=1S/C19H16FN3O6/c1-19(12-4-6-13(7-5-12)23(27)28)17(25)22(18(26)21-19)10-15(24)11-3-8-16(29-2)14(20)9-11/h3-9H,10H2,1-2H3,(H,21,26)/t19-/m1/s1. The number of Topliss-reactive ketones (excluding diaryl/α,β-unsaturated/α-hetero) is 1. The first-order valence-electron chi connectivity index (χ1n) is 8.43. The van der Waals surface area contributed by atoms with Crippen molar-refractivity contribution in [2.45, 2.75) is 12.5 Å². The number of benzene rings is 2. The summed E-state index contributed by atoms with van der Waals surface area (Å²) in [5.74, 6) is -2.12. The van der Waals surface area contributed by atoms with Crippen molar-refractivity contribution in [3.8, 4) is 5.75 Å². The average molecular weight is 401 g/mol. The number of amides is 3. The van der Waals surface area contributed by atoms with Crippen LogP contribution in [0.25, 0.3) is 0 Å². The van der Waals surface area contributed by atoms with Crippen LogP contribution in [-0.2, 0) is 10.3 Å². The number of nitro groups is 1. The van der Waals surface area contributed by atoms with Gasteiger partial charge >= 0.3 is 6.03 Å². The van der Waals surface area contributed by atoms with E-state index in [4.69, 9.17) is 4.74 Å². The Kier molecular flexibility index (Phi) is 5.02. The van der Waals surface area contributed by atoms with Crippen molar-refractivity contribution in [2.24, 2.45) is 0 Å². The van der Waals surface area contributed by atoms with Gasteiger partial charge in [-0.1, -0.05) is 0 Å². The summed E-state index contributed by atoms with van der Waals surface area (Å²) in [6.45, 7) is 0.852. The molecule has 10 heteroatoms. The van der Waals surface area contributed by atoms with Gasteiger partial charge in [-0.05, 0) is 42.8 Å². The number of carbonyl (C=O) groups excluding carboxylic acids is 3. The summed E-state index contributed by atoms with van der Waals surface area (Å²) < 4.78 is 18.6. The van der Waals surface area contributed by atoms with Crippen LogP contribution in [0.5, 0.6) is 5.75 Å². The molecule has 9 nitrogen and oxygen atoms in total. The van der Waals surface area contributed by atoms with Crippen molar-refractivity contribution in [1.29, 1.82) is 0 Å². The molecule has 1 fully saturated rings. The number of nitrogens with zero attached hydrogens (tertiary/aromatic N) is 2. The van der Waals surface area contributed by atoms with Crippen molar-refractivity contribution in [2.75, 3.05) is 13.7 Å². The van der Waals surface area contributed by atoms with Gasteiger partial charge in [0.1, 0.15) is 5.54 Å². The number of nitrogens with one attached hydrogen (secondary N) is 1. The number of ether oxygens (including phenoxy) is 1. The lowest BCUT2D eigenvalue weighted by molar-refractivity contribution is -0.384. The van der Waals surface area contributed by atoms with Crippen LogP contribution in [0.2, 0.25) is 0 Å². The van der Waals surface area contributed by atoms with Gasteiger partial charge in [0.15, 0.2) is 17.3 Å². The zero-order chi connectivity index (χ0) is 21.3. The number of hydrogen-bond acceptors (Lipinski definition) is 6. The van der Waals surface area contributed by atoms with Crippen molar-refractivity contribution in [1.82, 2.24) is 10.2 Å². The summed E-state index contributed by atoms with van der Waals surface area (Å²) in [6.07, 6.45) is 0. The van der Waals surface area contributed by atoms with Gasteiger partial charge in [-0.3, -0.25) is 24.6 Å². The maximum atomic E-state index is 13.8. The molecule has 0 aromatic heterocycles. The largest absolute Gasteiger partial charge is 0.494 e. The van der Waals surface area contributed by atoms with E-state index in [-0.39, 0.29) is 17.0 Å². The molecule has 1 saturated heterocycles. The van der Waals surface area contributed by atoms with Crippen LogP contribution >= 0.6 is 0 Å². The molecule has 2 aromatic carbocycles. The summed E-state index contributed by atoms with van der Waals surface area (Å²) >= 11 is 0. The molecule has 150 valence electrons. The Bertz CT molecular complexity index is 1020. The molecule has 0 saturated carbocycles. The molecule has 0 unspecified atom stereocenters. The van der Waals surface area contributed by atoms with E-state index in [1.165, 1.54) is 50.4 Å². The highest BCUT2D eigenvalue weighted by Gasteiger charge is 2.49. The second-order valence-corrected chi connectivity index (χ2v) is 6.52. The third kappa shape index (κ3) is 3.51. The predicted molar refractivity (Wildman–Crippen MR) is 98.0 cm³/mol. The minimum absolute atomic E-state index is 0.0205. The van der Waals surface area contributed by atoms with Crippen LogP contribution in [0, 0.1) is 15.9 Å². The third-order valence-electron chi connectivity index (χ3n) is 4.71.